The van der Waals surface area contributed by atoms with Crippen molar-refractivity contribution in [3.8, 4) is 0 Å². The maximum Gasteiger partial charge on any atom is 0.225 e. The highest BCUT2D eigenvalue weighted by atomic mass is 16.2. The molecule has 0 aliphatic rings. The van der Waals surface area contributed by atoms with Gasteiger partial charge in [0.1, 0.15) is 0 Å². The van der Waals surface area contributed by atoms with Crippen LogP contribution in [0.1, 0.15) is 41.5 Å². The van der Waals surface area contributed by atoms with Crippen LogP contribution in [0.3, 0.4) is 0 Å². The molecule has 0 saturated carbocycles. The van der Waals surface area contributed by atoms with Gasteiger partial charge in [-0.15, -0.1) is 0 Å². The lowest BCUT2D eigenvalue weighted by atomic mass is 9.83. The summed E-state index contributed by atoms with van der Waals surface area (Å²) in [6.45, 7) is 12.5. The van der Waals surface area contributed by atoms with Crippen molar-refractivity contribution >= 4 is 5.91 Å². The summed E-state index contributed by atoms with van der Waals surface area (Å²) in [7, 11) is 3.86. The van der Waals surface area contributed by atoms with Crippen LogP contribution in [0, 0.1) is 11.8 Å². The standard InChI is InChI=1S/C13H28N2O/c1-9(2)12(16)15(8)11(4)10(3)13(5,6)14-7/h9-11,14H,1-8H3. The summed E-state index contributed by atoms with van der Waals surface area (Å²) in [5, 5.41) is 3.31. The summed E-state index contributed by atoms with van der Waals surface area (Å²) in [5.41, 5.74) is 0.0327. The first kappa shape index (κ1) is 15.4. The lowest BCUT2D eigenvalue weighted by Crippen LogP contribution is -2.52. The van der Waals surface area contributed by atoms with Crippen molar-refractivity contribution in [1.82, 2.24) is 10.2 Å². The summed E-state index contributed by atoms with van der Waals surface area (Å²) in [6, 6.07) is 0.234. The summed E-state index contributed by atoms with van der Waals surface area (Å²) in [5.74, 6) is 0.675. The van der Waals surface area contributed by atoms with E-state index in [9.17, 15) is 4.79 Å². The summed E-state index contributed by atoms with van der Waals surface area (Å²) in [4.78, 5) is 13.8. The fourth-order valence-electron chi connectivity index (χ4n) is 1.77. The number of nitrogens with zero attached hydrogens (tertiary/aromatic N) is 1. The van der Waals surface area contributed by atoms with Gasteiger partial charge in [0.2, 0.25) is 5.91 Å². The minimum atomic E-state index is 0.0327. The smallest absolute Gasteiger partial charge is 0.225 e. The minimum absolute atomic E-state index is 0.0327. The molecule has 0 bridgehead atoms. The van der Waals surface area contributed by atoms with Gasteiger partial charge < -0.3 is 10.2 Å². The number of amides is 1. The van der Waals surface area contributed by atoms with E-state index >= 15 is 0 Å². The predicted octanol–water partition coefficient (Wildman–Crippen LogP) is 2.12. The molecule has 0 spiro atoms. The summed E-state index contributed by atoms with van der Waals surface area (Å²) < 4.78 is 0. The van der Waals surface area contributed by atoms with Crippen LogP contribution in [0.25, 0.3) is 0 Å². The van der Waals surface area contributed by atoms with Crippen LogP contribution in [-0.2, 0) is 4.79 Å². The third-order valence-corrected chi connectivity index (χ3v) is 3.96. The Morgan fingerprint density at radius 2 is 1.62 bits per heavy atom. The van der Waals surface area contributed by atoms with Gasteiger partial charge in [-0.3, -0.25) is 4.79 Å². The molecule has 3 nitrogen and oxygen atoms in total. The highest BCUT2D eigenvalue weighted by Crippen LogP contribution is 2.23. The molecular formula is C13H28N2O. The predicted molar refractivity (Wildman–Crippen MR) is 69.4 cm³/mol. The monoisotopic (exact) mass is 228 g/mol. The minimum Gasteiger partial charge on any atom is -0.342 e. The molecular weight excluding hydrogens is 200 g/mol. The van der Waals surface area contributed by atoms with Gasteiger partial charge in [-0.25, -0.2) is 0 Å². The van der Waals surface area contributed by atoms with Gasteiger partial charge in [-0.1, -0.05) is 20.8 Å². The molecule has 1 amide bonds. The number of hydrogen-bond donors (Lipinski definition) is 1. The third kappa shape index (κ3) is 3.48. The van der Waals surface area contributed by atoms with Crippen molar-refractivity contribution in [2.75, 3.05) is 14.1 Å². The second-order valence-electron chi connectivity index (χ2n) is 5.60. The number of hydrogen-bond acceptors (Lipinski definition) is 2. The molecule has 0 aromatic rings. The number of rotatable bonds is 5. The van der Waals surface area contributed by atoms with Gasteiger partial charge in [-0.05, 0) is 33.7 Å². The van der Waals surface area contributed by atoms with E-state index in [2.05, 4.69) is 33.0 Å². The molecule has 2 atom stereocenters. The molecule has 0 fully saturated rings. The zero-order valence-electron chi connectivity index (χ0n) is 12.1. The van der Waals surface area contributed by atoms with E-state index in [1.54, 1.807) is 0 Å². The molecule has 0 radical (unpaired) electrons. The Morgan fingerprint density at radius 1 is 1.19 bits per heavy atom. The van der Waals surface area contributed by atoms with Gasteiger partial charge in [0.15, 0.2) is 0 Å². The van der Waals surface area contributed by atoms with E-state index in [-0.39, 0.29) is 23.4 Å². The van der Waals surface area contributed by atoms with Crippen molar-refractivity contribution in [1.29, 1.82) is 0 Å². The molecule has 3 heteroatoms. The second-order valence-corrected chi connectivity index (χ2v) is 5.60. The lowest BCUT2D eigenvalue weighted by Gasteiger charge is -2.40. The molecule has 0 rings (SSSR count). The van der Waals surface area contributed by atoms with Gasteiger partial charge in [0.05, 0.1) is 0 Å². The van der Waals surface area contributed by atoms with Gasteiger partial charge in [0, 0.05) is 24.5 Å². The van der Waals surface area contributed by atoms with Crippen LogP contribution >= 0.6 is 0 Å². The maximum absolute atomic E-state index is 11.9. The zero-order valence-corrected chi connectivity index (χ0v) is 12.1. The first-order valence-corrected chi connectivity index (χ1v) is 6.10. The summed E-state index contributed by atoms with van der Waals surface area (Å²) in [6.07, 6.45) is 0. The van der Waals surface area contributed by atoms with Crippen molar-refractivity contribution in [2.24, 2.45) is 11.8 Å². The Morgan fingerprint density at radius 3 is 1.94 bits per heavy atom. The molecule has 0 aromatic carbocycles. The van der Waals surface area contributed by atoms with Gasteiger partial charge >= 0.3 is 0 Å². The van der Waals surface area contributed by atoms with Crippen molar-refractivity contribution in [3.63, 3.8) is 0 Å². The van der Waals surface area contributed by atoms with Gasteiger partial charge in [-0.2, -0.15) is 0 Å². The largest absolute Gasteiger partial charge is 0.342 e. The number of nitrogens with one attached hydrogen (secondary N) is 1. The first-order valence-electron chi connectivity index (χ1n) is 6.10. The molecule has 0 aromatic heterocycles. The Hall–Kier alpha value is -0.570. The second kappa shape index (κ2) is 5.67. The van der Waals surface area contributed by atoms with E-state index in [0.29, 0.717) is 5.92 Å². The van der Waals surface area contributed by atoms with Crippen LogP contribution in [0.5, 0.6) is 0 Å². The Balaban J connectivity index is 4.67. The number of carbonyl (C=O) groups is 1. The quantitative estimate of drug-likeness (QED) is 0.782. The topological polar surface area (TPSA) is 32.3 Å². The average Bonchev–Trinajstić information content (AvgIpc) is 2.24. The van der Waals surface area contributed by atoms with Crippen LogP contribution in [-0.4, -0.2) is 36.5 Å². The number of carbonyl (C=O) groups excluding carboxylic acids is 1. The molecule has 0 aliphatic heterocycles. The van der Waals surface area contributed by atoms with Crippen LogP contribution in [0.15, 0.2) is 0 Å². The normalized spacial score (nSPS) is 16.1. The fourth-order valence-corrected chi connectivity index (χ4v) is 1.77. The Bertz CT molecular complexity index is 236. The van der Waals surface area contributed by atoms with E-state index in [4.69, 9.17) is 0 Å². The van der Waals surface area contributed by atoms with Crippen LogP contribution in [0.2, 0.25) is 0 Å². The molecule has 96 valence electrons. The van der Waals surface area contributed by atoms with E-state index in [1.165, 1.54) is 0 Å². The van der Waals surface area contributed by atoms with Crippen molar-refractivity contribution < 1.29 is 4.79 Å². The molecule has 0 aliphatic carbocycles. The molecule has 2 unspecified atom stereocenters. The molecule has 16 heavy (non-hydrogen) atoms. The third-order valence-electron chi connectivity index (χ3n) is 3.96. The van der Waals surface area contributed by atoms with E-state index in [1.807, 2.05) is 32.8 Å². The van der Waals surface area contributed by atoms with E-state index < -0.39 is 0 Å². The maximum atomic E-state index is 11.9. The summed E-state index contributed by atoms with van der Waals surface area (Å²) >= 11 is 0. The first-order chi connectivity index (χ1) is 7.15. The SMILES string of the molecule is CNC(C)(C)C(C)C(C)N(C)C(=O)C(C)C. The van der Waals surface area contributed by atoms with Gasteiger partial charge in [0.25, 0.3) is 0 Å². The Kier molecular flexibility index (Phi) is 5.47. The fraction of sp³-hybridized carbons (Fsp3) is 0.923. The molecule has 0 heterocycles. The molecule has 1 N–H and O–H groups in total. The Labute approximate surface area is 101 Å². The lowest BCUT2D eigenvalue weighted by molar-refractivity contribution is -0.136. The van der Waals surface area contributed by atoms with Crippen LogP contribution in [0.4, 0.5) is 0 Å². The van der Waals surface area contributed by atoms with E-state index in [0.717, 1.165) is 0 Å². The highest BCUT2D eigenvalue weighted by molar-refractivity contribution is 5.78. The van der Waals surface area contributed by atoms with Crippen LogP contribution < -0.4 is 5.32 Å². The average molecular weight is 228 g/mol. The van der Waals surface area contributed by atoms with Crippen molar-refractivity contribution in [3.05, 3.63) is 0 Å². The zero-order chi connectivity index (χ0) is 13.1. The highest BCUT2D eigenvalue weighted by Gasteiger charge is 2.32. The molecule has 0 saturated heterocycles. The van der Waals surface area contributed by atoms with Crippen molar-refractivity contribution in [2.45, 2.75) is 53.1 Å².